The number of hydrogen-bond donors (Lipinski definition) is 2. The van der Waals surface area contributed by atoms with Crippen LogP contribution in [0, 0.1) is 5.41 Å². The highest BCUT2D eigenvalue weighted by atomic mass is 16.5. The molecule has 124 valence electrons. The number of pyridine rings is 1. The maximum Gasteiger partial charge on any atom is 0.276 e. The topological polar surface area (TPSA) is 74.7 Å². The lowest BCUT2D eigenvalue weighted by atomic mass is 9.85. The quantitative estimate of drug-likeness (QED) is 0.639. The Kier molecular flexibility index (Phi) is 3.83. The molecule has 0 radical (unpaired) electrons. The van der Waals surface area contributed by atoms with Crippen molar-refractivity contribution < 1.29 is 14.7 Å². The van der Waals surface area contributed by atoms with Gasteiger partial charge in [-0.25, -0.2) is 5.48 Å². The van der Waals surface area contributed by atoms with E-state index in [1.54, 1.807) is 11.7 Å². The Morgan fingerprint density at radius 2 is 2.39 bits per heavy atom. The maximum absolute atomic E-state index is 11.5. The van der Waals surface area contributed by atoms with Gasteiger partial charge in [0.05, 0.1) is 17.9 Å². The zero-order valence-electron chi connectivity index (χ0n) is 13.3. The molecule has 23 heavy (non-hydrogen) atoms. The molecule has 2 fully saturated rings. The van der Waals surface area contributed by atoms with Crippen LogP contribution < -0.4 is 5.48 Å². The van der Waals surface area contributed by atoms with Crippen LogP contribution in [0.2, 0.25) is 0 Å². The van der Waals surface area contributed by atoms with E-state index in [-0.39, 0.29) is 0 Å². The van der Waals surface area contributed by atoms with Gasteiger partial charge in [0.25, 0.3) is 5.91 Å². The van der Waals surface area contributed by atoms with E-state index < -0.39 is 5.91 Å². The van der Waals surface area contributed by atoms with Gasteiger partial charge in [0.2, 0.25) is 0 Å². The minimum Gasteiger partial charge on any atom is -0.381 e. The van der Waals surface area contributed by atoms with E-state index in [0.717, 1.165) is 44.0 Å². The SMILES string of the molecule is O=C(NO)c1cnc2c(c1)CCN([C@H]1CCC3(CCOC3)C1)C2. The molecule has 1 spiro atoms. The second-order valence-electron chi connectivity index (χ2n) is 7.19. The zero-order chi connectivity index (χ0) is 15.9. The first-order valence-corrected chi connectivity index (χ1v) is 8.43. The van der Waals surface area contributed by atoms with E-state index >= 15 is 0 Å². The summed E-state index contributed by atoms with van der Waals surface area (Å²) in [4.78, 5) is 18.5. The van der Waals surface area contributed by atoms with Crippen LogP contribution in [-0.4, -0.2) is 46.8 Å². The molecule has 3 aliphatic rings. The van der Waals surface area contributed by atoms with Gasteiger partial charge in [-0.3, -0.25) is 19.9 Å². The van der Waals surface area contributed by atoms with Crippen molar-refractivity contribution in [2.45, 2.75) is 44.7 Å². The van der Waals surface area contributed by atoms with E-state index in [0.29, 0.717) is 17.0 Å². The molecule has 2 aliphatic heterocycles. The van der Waals surface area contributed by atoms with E-state index in [9.17, 15) is 4.79 Å². The van der Waals surface area contributed by atoms with Crippen LogP contribution >= 0.6 is 0 Å². The molecule has 1 aromatic heterocycles. The summed E-state index contributed by atoms with van der Waals surface area (Å²) in [7, 11) is 0. The van der Waals surface area contributed by atoms with Gasteiger partial charge in [0.1, 0.15) is 0 Å². The molecule has 2 N–H and O–H groups in total. The average molecular weight is 317 g/mol. The fraction of sp³-hybridized carbons (Fsp3) is 0.647. The monoisotopic (exact) mass is 317 g/mol. The molecular weight excluding hydrogens is 294 g/mol. The fourth-order valence-corrected chi connectivity index (χ4v) is 4.43. The Bertz CT molecular complexity index is 613. The van der Waals surface area contributed by atoms with E-state index in [2.05, 4.69) is 9.88 Å². The number of carbonyl (C=O) groups is 1. The molecule has 0 bridgehead atoms. The first kappa shape index (κ1) is 15.1. The molecule has 1 aromatic rings. The summed E-state index contributed by atoms with van der Waals surface area (Å²) in [6.07, 6.45) is 7.45. The number of nitrogens with one attached hydrogen (secondary N) is 1. The van der Waals surface area contributed by atoms with Crippen molar-refractivity contribution in [1.82, 2.24) is 15.4 Å². The van der Waals surface area contributed by atoms with Gasteiger partial charge in [0, 0.05) is 31.9 Å². The molecule has 1 saturated heterocycles. The Morgan fingerprint density at radius 1 is 1.48 bits per heavy atom. The van der Waals surface area contributed by atoms with Gasteiger partial charge in [-0.15, -0.1) is 0 Å². The van der Waals surface area contributed by atoms with E-state index in [1.807, 2.05) is 6.07 Å². The number of amides is 1. The minimum atomic E-state index is -0.498. The Balaban J connectivity index is 1.46. The van der Waals surface area contributed by atoms with Crippen molar-refractivity contribution in [3.05, 3.63) is 29.1 Å². The van der Waals surface area contributed by atoms with Crippen molar-refractivity contribution >= 4 is 5.91 Å². The number of rotatable bonds is 2. The Morgan fingerprint density at radius 3 is 3.17 bits per heavy atom. The highest BCUT2D eigenvalue weighted by Gasteiger charge is 2.44. The van der Waals surface area contributed by atoms with Crippen molar-refractivity contribution in [3.8, 4) is 0 Å². The summed E-state index contributed by atoms with van der Waals surface area (Å²) in [6, 6.07) is 2.48. The third kappa shape index (κ3) is 2.75. The molecule has 1 aliphatic carbocycles. The van der Waals surface area contributed by atoms with Crippen molar-refractivity contribution in [2.24, 2.45) is 5.41 Å². The third-order valence-corrected chi connectivity index (χ3v) is 5.82. The number of ether oxygens (including phenoxy) is 1. The van der Waals surface area contributed by atoms with E-state index in [4.69, 9.17) is 9.94 Å². The largest absolute Gasteiger partial charge is 0.381 e. The van der Waals surface area contributed by atoms with Gasteiger partial charge in [-0.1, -0.05) is 0 Å². The summed E-state index contributed by atoms with van der Waals surface area (Å²) in [5, 5.41) is 8.73. The fourth-order valence-electron chi connectivity index (χ4n) is 4.43. The summed E-state index contributed by atoms with van der Waals surface area (Å²) in [5.41, 5.74) is 4.71. The van der Waals surface area contributed by atoms with Gasteiger partial charge in [-0.2, -0.15) is 0 Å². The molecule has 3 heterocycles. The smallest absolute Gasteiger partial charge is 0.276 e. The summed E-state index contributed by atoms with van der Waals surface area (Å²) in [5.74, 6) is -0.498. The first-order chi connectivity index (χ1) is 11.2. The number of hydroxylamine groups is 1. The number of nitrogens with zero attached hydrogens (tertiary/aromatic N) is 2. The summed E-state index contributed by atoms with van der Waals surface area (Å²) >= 11 is 0. The van der Waals surface area contributed by atoms with Crippen LogP contribution in [0.15, 0.2) is 12.3 Å². The highest BCUT2D eigenvalue weighted by molar-refractivity contribution is 5.93. The predicted molar refractivity (Wildman–Crippen MR) is 83.1 cm³/mol. The molecule has 2 atom stereocenters. The average Bonchev–Trinajstić information content (AvgIpc) is 3.23. The standard InChI is InChI=1S/C17H23N3O3/c21-16(19-22)13-7-12-2-5-20(10-15(12)18-9-13)14-1-3-17(8-14)4-6-23-11-17/h7,9,14,22H,1-6,8,10-11H2,(H,19,21)/t14-,17?/m0/s1. The molecule has 6 nitrogen and oxygen atoms in total. The van der Waals surface area contributed by atoms with Crippen molar-refractivity contribution in [1.29, 1.82) is 0 Å². The van der Waals surface area contributed by atoms with Crippen LogP contribution in [0.25, 0.3) is 0 Å². The second kappa shape index (κ2) is 5.85. The Labute approximate surface area is 135 Å². The first-order valence-electron chi connectivity index (χ1n) is 8.43. The number of aromatic nitrogens is 1. The third-order valence-electron chi connectivity index (χ3n) is 5.82. The van der Waals surface area contributed by atoms with Gasteiger partial charge in [-0.05, 0) is 49.1 Å². The highest BCUT2D eigenvalue weighted by Crippen LogP contribution is 2.46. The molecule has 1 amide bonds. The van der Waals surface area contributed by atoms with Crippen LogP contribution in [0.4, 0.5) is 0 Å². The maximum atomic E-state index is 11.5. The minimum absolute atomic E-state index is 0.419. The molecule has 4 rings (SSSR count). The molecule has 0 aromatic carbocycles. The van der Waals surface area contributed by atoms with Gasteiger partial charge >= 0.3 is 0 Å². The molecule has 1 unspecified atom stereocenters. The van der Waals surface area contributed by atoms with Crippen molar-refractivity contribution in [3.63, 3.8) is 0 Å². The lowest BCUT2D eigenvalue weighted by Crippen LogP contribution is -2.39. The lowest BCUT2D eigenvalue weighted by Gasteiger charge is -2.34. The van der Waals surface area contributed by atoms with Gasteiger partial charge < -0.3 is 4.74 Å². The second-order valence-corrected chi connectivity index (χ2v) is 7.19. The number of hydrogen-bond acceptors (Lipinski definition) is 5. The number of carbonyl (C=O) groups excluding carboxylic acids is 1. The summed E-state index contributed by atoms with van der Waals surface area (Å²) in [6.45, 7) is 3.73. The molecule has 1 saturated carbocycles. The van der Waals surface area contributed by atoms with Crippen LogP contribution in [0.5, 0.6) is 0 Å². The molecular formula is C17H23N3O3. The predicted octanol–water partition coefficient (Wildman–Crippen LogP) is 1.52. The van der Waals surface area contributed by atoms with Gasteiger partial charge in [0.15, 0.2) is 0 Å². The van der Waals surface area contributed by atoms with Crippen molar-refractivity contribution in [2.75, 3.05) is 19.8 Å². The normalized spacial score (nSPS) is 30.6. The lowest BCUT2D eigenvalue weighted by molar-refractivity contribution is 0.0705. The van der Waals surface area contributed by atoms with Crippen LogP contribution in [0.3, 0.4) is 0 Å². The summed E-state index contributed by atoms with van der Waals surface area (Å²) < 4.78 is 5.63. The Hall–Kier alpha value is -1.50. The molecule has 6 heteroatoms. The number of fused-ring (bicyclic) bond motifs is 1. The zero-order valence-corrected chi connectivity index (χ0v) is 13.3. The van der Waals surface area contributed by atoms with Crippen LogP contribution in [0.1, 0.15) is 47.3 Å². The van der Waals surface area contributed by atoms with E-state index in [1.165, 1.54) is 25.7 Å². The van der Waals surface area contributed by atoms with Crippen LogP contribution in [-0.2, 0) is 17.7 Å².